The molecule has 4 N–H and O–H groups in total. The molecule has 0 aliphatic rings. The van der Waals surface area contributed by atoms with Crippen LogP contribution in [-0.2, 0) is 0 Å². The second-order valence-corrected chi connectivity index (χ2v) is 4.41. The number of aliphatic hydroxyl groups excluding tert-OH is 1. The molecule has 3 nitrogen and oxygen atoms in total. The van der Waals surface area contributed by atoms with Crippen molar-refractivity contribution in [1.82, 2.24) is 0 Å². The van der Waals surface area contributed by atoms with E-state index in [2.05, 4.69) is 27.9 Å². The van der Waals surface area contributed by atoms with Gasteiger partial charge in [0.15, 0.2) is 0 Å². The zero-order valence-corrected chi connectivity index (χ0v) is 10.3. The van der Waals surface area contributed by atoms with Gasteiger partial charge in [-0.15, -0.1) is 0 Å². The van der Waals surface area contributed by atoms with Crippen LogP contribution in [0.2, 0.25) is 0 Å². The molecule has 0 aliphatic heterocycles. The molecule has 0 aliphatic carbocycles. The van der Waals surface area contributed by atoms with E-state index in [0.29, 0.717) is 0 Å². The summed E-state index contributed by atoms with van der Waals surface area (Å²) in [5.41, 5.74) is 7.45. The third-order valence-corrected chi connectivity index (χ3v) is 2.76. The van der Waals surface area contributed by atoms with Gasteiger partial charge in [-0.25, -0.2) is 0 Å². The molecule has 0 saturated heterocycles. The van der Waals surface area contributed by atoms with Gasteiger partial charge >= 0.3 is 0 Å². The number of benzene rings is 1. The van der Waals surface area contributed by atoms with E-state index in [1.54, 1.807) is 0 Å². The number of hydrogen-bond acceptors (Lipinski definition) is 3. The van der Waals surface area contributed by atoms with Crippen LogP contribution in [0.5, 0.6) is 0 Å². The molecule has 0 radical (unpaired) electrons. The third-order valence-electron chi connectivity index (χ3n) is 2.09. The second kappa shape index (κ2) is 5.41. The molecule has 0 spiro atoms. The summed E-state index contributed by atoms with van der Waals surface area (Å²) in [7, 11) is 0. The van der Waals surface area contributed by atoms with Crippen molar-refractivity contribution in [3.05, 3.63) is 21.8 Å². The molecular weight excluding hydrogens is 291 g/mol. The van der Waals surface area contributed by atoms with Crippen molar-refractivity contribution < 1.29 is 5.11 Å². The molecule has 0 heterocycles. The first kappa shape index (κ1) is 11.6. The van der Waals surface area contributed by atoms with Gasteiger partial charge in [-0.05, 0) is 47.2 Å². The Hall–Kier alpha value is -0.490. The molecule has 78 valence electrons. The fourth-order valence-corrected chi connectivity index (χ4v) is 1.68. The number of anilines is 2. The molecule has 0 aromatic heterocycles. The van der Waals surface area contributed by atoms with Crippen molar-refractivity contribution in [2.75, 3.05) is 17.7 Å². The molecule has 1 unspecified atom stereocenters. The van der Waals surface area contributed by atoms with Crippen LogP contribution < -0.4 is 11.1 Å². The fourth-order valence-electron chi connectivity index (χ4n) is 1.16. The summed E-state index contributed by atoms with van der Waals surface area (Å²) in [5.74, 6) is 0. The molecule has 1 aromatic rings. The van der Waals surface area contributed by atoms with Gasteiger partial charge in [-0.2, -0.15) is 0 Å². The van der Waals surface area contributed by atoms with E-state index in [1.165, 1.54) is 0 Å². The highest BCUT2D eigenvalue weighted by Gasteiger charge is 2.06. The summed E-state index contributed by atoms with van der Waals surface area (Å²) < 4.78 is 1.11. The number of nitrogens with one attached hydrogen (secondary N) is 1. The molecule has 1 aromatic carbocycles. The highest BCUT2D eigenvalue weighted by molar-refractivity contribution is 14.1. The Morgan fingerprint density at radius 3 is 2.79 bits per heavy atom. The highest BCUT2D eigenvalue weighted by atomic mass is 127. The first-order chi connectivity index (χ1) is 6.67. The van der Waals surface area contributed by atoms with Crippen molar-refractivity contribution in [2.45, 2.75) is 19.4 Å². The zero-order valence-electron chi connectivity index (χ0n) is 8.13. The van der Waals surface area contributed by atoms with Crippen LogP contribution in [0.3, 0.4) is 0 Å². The van der Waals surface area contributed by atoms with E-state index in [9.17, 15) is 0 Å². The van der Waals surface area contributed by atoms with Gasteiger partial charge < -0.3 is 16.2 Å². The quantitative estimate of drug-likeness (QED) is 0.589. The molecule has 1 atom stereocenters. The van der Waals surface area contributed by atoms with Gasteiger partial charge in [0.05, 0.1) is 18.0 Å². The summed E-state index contributed by atoms with van der Waals surface area (Å²) in [6.45, 7) is 2.15. The number of aliphatic hydroxyl groups is 1. The van der Waals surface area contributed by atoms with Crippen molar-refractivity contribution in [3.63, 3.8) is 0 Å². The molecule has 1 rings (SSSR count). The Morgan fingerprint density at radius 1 is 1.57 bits per heavy atom. The number of rotatable bonds is 4. The van der Waals surface area contributed by atoms with Gasteiger partial charge in [0.2, 0.25) is 0 Å². The minimum atomic E-state index is 0.0809. The topological polar surface area (TPSA) is 58.3 Å². The average molecular weight is 306 g/mol. The number of halogens is 1. The Kier molecular flexibility index (Phi) is 4.47. The smallest absolute Gasteiger partial charge is 0.0632 e. The zero-order chi connectivity index (χ0) is 10.6. The van der Waals surface area contributed by atoms with E-state index < -0.39 is 0 Å². The van der Waals surface area contributed by atoms with Crippen molar-refractivity contribution in [3.8, 4) is 0 Å². The third kappa shape index (κ3) is 3.02. The summed E-state index contributed by atoms with van der Waals surface area (Å²) in [6, 6.07) is 5.92. The SMILES string of the molecule is CCC(CO)Nc1ccc(I)cc1N. The summed E-state index contributed by atoms with van der Waals surface area (Å²) in [6.07, 6.45) is 0.877. The molecule has 4 heteroatoms. The largest absolute Gasteiger partial charge is 0.397 e. The first-order valence-electron chi connectivity index (χ1n) is 4.59. The van der Waals surface area contributed by atoms with E-state index in [4.69, 9.17) is 10.8 Å². The highest BCUT2D eigenvalue weighted by Crippen LogP contribution is 2.21. The van der Waals surface area contributed by atoms with Gasteiger partial charge in [0, 0.05) is 9.61 Å². The van der Waals surface area contributed by atoms with Crippen molar-refractivity contribution in [1.29, 1.82) is 0 Å². The number of hydrogen-bond donors (Lipinski definition) is 3. The van der Waals surface area contributed by atoms with E-state index in [0.717, 1.165) is 21.4 Å². The molecule has 0 saturated carbocycles. The molecule has 0 fully saturated rings. The fraction of sp³-hybridized carbons (Fsp3) is 0.400. The minimum Gasteiger partial charge on any atom is -0.397 e. The lowest BCUT2D eigenvalue weighted by Gasteiger charge is -2.17. The lowest BCUT2D eigenvalue weighted by atomic mass is 10.2. The molecular formula is C10H15IN2O. The van der Waals surface area contributed by atoms with Gasteiger partial charge in [0.25, 0.3) is 0 Å². The molecule has 0 amide bonds. The van der Waals surface area contributed by atoms with E-state index >= 15 is 0 Å². The van der Waals surface area contributed by atoms with E-state index in [-0.39, 0.29) is 12.6 Å². The summed E-state index contributed by atoms with van der Waals surface area (Å²) >= 11 is 2.22. The van der Waals surface area contributed by atoms with Gasteiger partial charge in [-0.1, -0.05) is 6.92 Å². The predicted molar refractivity (Wildman–Crippen MR) is 68.4 cm³/mol. The van der Waals surface area contributed by atoms with Crippen LogP contribution in [0, 0.1) is 3.57 Å². The van der Waals surface area contributed by atoms with E-state index in [1.807, 2.05) is 25.1 Å². The average Bonchev–Trinajstić information content (AvgIpc) is 2.17. The number of nitrogens with two attached hydrogens (primary N) is 1. The molecule has 14 heavy (non-hydrogen) atoms. The second-order valence-electron chi connectivity index (χ2n) is 3.16. The monoisotopic (exact) mass is 306 g/mol. The van der Waals surface area contributed by atoms with Gasteiger partial charge in [0.1, 0.15) is 0 Å². The predicted octanol–water partition coefficient (Wildman–Crippen LogP) is 2.06. The maximum Gasteiger partial charge on any atom is 0.0632 e. The maximum absolute atomic E-state index is 9.03. The Balaban J connectivity index is 2.76. The lowest BCUT2D eigenvalue weighted by molar-refractivity contribution is 0.272. The van der Waals surface area contributed by atoms with Crippen molar-refractivity contribution >= 4 is 34.0 Å². The van der Waals surface area contributed by atoms with Crippen LogP contribution in [0.4, 0.5) is 11.4 Å². The summed E-state index contributed by atoms with van der Waals surface area (Å²) in [5, 5.41) is 12.2. The van der Waals surface area contributed by atoms with Crippen LogP contribution in [0.25, 0.3) is 0 Å². The lowest BCUT2D eigenvalue weighted by Crippen LogP contribution is -2.23. The van der Waals surface area contributed by atoms with Crippen molar-refractivity contribution in [2.24, 2.45) is 0 Å². The first-order valence-corrected chi connectivity index (χ1v) is 5.67. The number of nitrogen functional groups attached to an aromatic ring is 1. The molecule has 0 bridgehead atoms. The Bertz CT molecular complexity index is 300. The standard InChI is InChI=1S/C10H15IN2O/c1-2-8(6-14)13-10-4-3-7(11)5-9(10)12/h3-5,8,13-14H,2,6,12H2,1H3. The normalized spacial score (nSPS) is 12.5. The maximum atomic E-state index is 9.03. The minimum absolute atomic E-state index is 0.0809. The Morgan fingerprint density at radius 2 is 2.29 bits per heavy atom. The van der Waals surface area contributed by atoms with Crippen LogP contribution >= 0.6 is 22.6 Å². The Labute approximate surface area is 97.8 Å². The van der Waals surface area contributed by atoms with Crippen LogP contribution in [0.1, 0.15) is 13.3 Å². The van der Waals surface area contributed by atoms with Crippen LogP contribution in [-0.4, -0.2) is 17.8 Å². The van der Waals surface area contributed by atoms with Crippen LogP contribution in [0.15, 0.2) is 18.2 Å². The summed E-state index contributed by atoms with van der Waals surface area (Å²) in [4.78, 5) is 0. The van der Waals surface area contributed by atoms with Gasteiger partial charge in [-0.3, -0.25) is 0 Å².